The van der Waals surface area contributed by atoms with Crippen molar-refractivity contribution in [3.8, 4) is 0 Å². The Morgan fingerprint density at radius 3 is 2.89 bits per heavy atom. The summed E-state index contributed by atoms with van der Waals surface area (Å²) in [4.78, 5) is 4.56. The van der Waals surface area contributed by atoms with Crippen LogP contribution in [0.15, 0.2) is 4.52 Å². The quantitative estimate of drug-likeness (QED) is 0.886. The van der Waals surface area contributed by atoms with Crippen molar-refractivity contribution in [1.29, 1.82) is 0 Å². The maximum absolute atomic E-state index is 5.65. The molecule has 100 valence electrons. The van der Waals surface area contributed by atoms with Crippen LogP contribution in [0.4, 0.5) is 0 Å². The molecule has 2 aliphatic rings. The highest BCUT2D eigenvalue weighted by molar-refractivity contribution is 5.11. The summed E-state index contributed by atoms with van der Waals surface area (Å²) >= 11 is 0. The first kappa shape index (κ1) is 12.1. The van der Waals surface area contributed by atoms with Crippen LogP contribution >= 0.6 is 0 Å². The molecule has 2 saturated heterocycles. The summed E-state index contributed by atoms with van der Waals surface area (Å²) in [5.41, 5.74) is -0.471. The summed E-state index contributed by atoms with van der Waals surface area (Å²) < 4.78 is 11.1. The van der Waals surface area contributed by atoms with Gasteiger partial charge >= 0.3 is 0 Å². The molecule has 1 N–H and O–H groups in total. The molecule has 0 amide bonds. The highest BCUT2D eigenvalue weighted by Crippen LogP contribution is 2.39. The van der Waals surface area contributed by atoms with Crippen molar-refractivity contribution in [3.05, 3.63) is 11.7 Å². The Hall–Kier alpha value is -0.940. The second-order valence-electron chi connectivity index (χ2n) is 5.79. The second-order valence-corrected chi connectivity index (χ2v) is 5.79. The molecule has 0 aliphatic carbocycles. The fourth-order valence-corrected chi connectivity index (χ4v) is 3.15. The van der Waals surface area contributed by atoms with Gasteiger partial charge in [-0.2, -0.15) is 4.98 Å². The summed E-state index contributed by atoms with van der Waals surface area (Å²) in [6.07, 6.45) is 3.63. The molecule has 3 rings (SSSR count). The molecule has 5 nitrogen and oxygen atoms in total. The maximum Gasteiger partial charge on any atom is 0.231 e. The summed E-state index contributed by atoms with van der Waals surface area (Å²) in [5.74, 6) is 1.82. The van der Waals surface area contributed by atoms with Gasteiger partial charge in [-0.15, -0.1) is 0 Å². The van der Waals surface area contributed by atoms with Gasteiger partial charge in [0.1, 0.15) is 5.60 Å². The minimum absolute atomic E-state index is 0.391. The van der Waals surface area contributed by atoms with Crippen molar-refractivity contribution in [1.82, 2.24) is 15.5 Å². The van der Waals surface area contributed by atoms with Crippen LogP contribution in [-0.4, -0.2) is 28.8 Å². The number of nitrogens with one attached hydrogen (secondary N) is 1. The minimum atomic E-state index is -0.471. The van der Waals surface area contributed by atoms with E-state index in [0.717, 1.165) is 12.3 Å². The van der Waals surface area contributed by atoms with Crippen LogP contribution < -0.4 is 5.32 Å². The lowest BCUT2D eigenvalue weighted by Gasteiger charge is -2.20. The first-order valence-corrected chi connectivity index (χ1v) is 6.84. The van der Waals surface area contributed by atoms with Gasteiger partial charge in [0.05, 0.1) is 5.92 Å². The summed E-state index contributed by atoms with van der Waals surface area (Å²) in [5, 5.41) is 7.69. The van der Waals surface area contributed by atoms with E-state index in [0.29, 0.717) is 30.4 Å². The van der Waals surface area contributed by atoms with Crippen LogP contribution in [-0.2, 0) is 10.3 Å². The molecule has 0 spiro atoms. The summed E-state index contributed by atoms with van der Waals surface area (Å²) in [7, 11) is 0. The third-order valence-corrected chi connectivity index (χ3v) is 4.10. The second kappa shape index (κ2) is 4.31. The van der Waals surface area contributed by atoms with Gasteiger partial charge in [-0.05, 0) is 40.0 Å². The lowest BCUT2D eigenvalue weighted by atomic mass is 9.89. The van der Waals surface area contributed by atoms with Crippen molar-refractivity contribution >= 4 is 0 Å². The van der Waals surface area contributed by atoms with Gasteiger partial charge in [0.15, 0.2) is 0 Å². The molecule has 3 unspecified atom stereocenters. The van der Waals surface area contributed by atoms with E-state index in [9.17, 15) is 0 Å². The van der Waals surface area contributed by atoms with Crippen molar-refractivity contribution in [2.24, 2.45) is 0 Å². The molecule has 0 radical (unpaired) electrons. The number of fused-ring (bicyclic) bond motifs is 2. The molecule has 3 heterocycles. The van der Waals surface area contributed by atoms with Gasteiger partial charge < -0.3 is 14.6 Å². The average molecular weight is 251 g/mol. The number of nitrogens with zero attached hydrogens (tertiary/aromatic N) is 2. The normalized spacial score (nSPS) is 31.2. The molecular formula is C13H21N3O2. The molecule has 1 aromatic heterocycles. The molecule has 1 aromatic rings. The molecule has 2 aliphatic heterocycles. The Labute approximate surface area is 107 Å². The minimum Gasteiger partial charge on any atom is -0.368 e. The van der Waals surface area contributed by atoms with Crippen molar-refractivity contribution < 1.29 is 9.26 Å². The Bertz CT molecular complexity index is 430. The third kappa shape index (κ3) is 1.95. The van der Waals surface area contributed by atoms with Crippen LogP contribution in [0.1, 0.15) is 57.7 Å². The molecule has 2 bridgehead atoms. The zero-order chi connectivity index (χ0) is 12.8. The lowest BCUT2D eigenvalue weighted by molar-refractivity contribution is -0.0221. The summed E-state index contributed by atoms with van der Waals surface area (Å²) in [6, 6.07) is 1.17. The Morgan fingerprint density at radius 1 is 1.44 bits per heavy atom. The van der Waals surface area contributed by atoms with Gasteiger partial charge in [0.25, 0.3) is 0 Å². The van der Waals surface area contributed by atoms with Crippen LogP contribution in [0.3, 0.4) is 0 Å². The maximum atomic E-state index is 5.65. The standard InChI is InChI=1S/C13H21N3O2/c1-4-17-13(2,3)12-15-11(18-16-12)9-7-8-5-6-10(9)14-8/h8-10,14H,4-7H2,1-3H3. The first-order valence-electron chi connectivity index (χ1n) is 6.84. The van der Waals surface area contributed by atoms with Gasteiger partial charge in [-0.3, -0.25) is 0 Å². The SMILES string of the molecule is CCOC(C)(C)c1noc(C2CC3CCC2N3)n1. The number of hydrogen-bond donors (Lipinski definition) is 1. The van der Waals surface area contributed by atoms with Crippen LogP contribution in [0.5, 0.6) is 0 Å². The molecular weight excluding hydrogens is 230 g/mol. The van der Waals surface area contributed by atoms with E-state index in [4.69, 9.17) is 9.26 Å². The van der Waals surface area contributed by atoms with Crippen molar-refractivity contribution in [3.63, 3.8) is 0 Å². The molecule has 0 aromatic carbocycles. The zero-order valence-electron chi connectivity index (χ0n) is 11.3. The zero-order valence-corrected chi connectivity index (χ0v) is 11.3. The topological polar surface area (TPSA) is 60.2 Å². The largest absolute Gasteiger partial charge is 0.368 e. The highest BCUT2D eigenvalue weighted by Gasteiger charge is 2.43. The molecule has 0 saturated carbocycles. The lowest BCUT2D eigenvalue weighted by Crippen LogP contribution is -2.24. The highest BCUT2D eigenvalue weighted by atomic mass is 16.5. The van der Waals surface area contributed by atoms with Crippen molar-refractivity contribution in [2.75, 3.05) is 6.61 Å². The molecule has 18 heavy (non-hydrogen) atoms. The van der Waals surface area contributed by atoms with Crippen LogP contribution in [0.25, 0.3) is 0 Å². The molecule has 2 fully saturated rings. The predicted molar refractivity (Wildman–Crippen MR) is 66.3 cm³/mol. The fourth-order valence-electron chi connectivity index (χ4n) is 3.15. The number of aromatic nitrogens is 2. The Kier molecular flexibility index (Phi) is 2.90. The average Bonchev–Trinajstić information content (AvgIpc) is 3.04. The molecule has 3 atom stereocenters. The van der Waals surface area contributed by atoms with E-state index in [1.807, 2.05) is 20.8 Å². The van der Waals surface area contributed by atoms with Crippen molar-refractivity contribution in [2.45, 2.75) is 63.6 Å². The van der Waals surface area contributed by atoms with E-state index < -0.39 is 5.60 Å². The Balaban J connectivity index is 1.77. The molecule has 5 heteroatoms. The number of ether oxygens (including phenoxy) is 1. The monoisotopic (exact) mass is 251 g/mol. The van der Waals surface area contributed by atoms with E-state index in [1.165, 1.54) is 12.8 Å². The smallest absolute Gasteiger partial charge is 0.231 e. The summed E-state index contributed by atoms with van der Waals surface area (Å²) in [6.45, 7) is 6.57. The van der Waals surface area contributed by atoms with E-state index in [1.54, 1.807) is 0 Å². The van der Waals surface area contributed by atoms with Gasteiger partial charge in [0, 0.05) is 18.7 Å². The van der Waals surface area contributed by atoms with Crippen LogP contribution in [0, 0.1) is 0 Å². The van der Waals surface area contributed by atoms with Gasteiger partial charge in [-0.25, -0.2) is 0 Å². The van der Waals surface area contributed by atoms with E-state index in [-0.39, 0.29) is 0 Å². The van der Waals surface area contributed by atoms with Crippen LogP contribution in [0.2, 0.25) is 0 Å². The number of hydrogen-bond acceptors (Lipinski definition) is 5. The number of rotatable bonds is 4. The predicted octanol–water partition coefficient (Wildman–Crippen LogP) is 1.95. The third-order valence-electron chi connectivity index (χ3n) is 4.10. The Morgan fingerprint density at radius 2 is 2.28 bits per heavy atom. The van der Waals surface area contributed by atoms with Gasteiger partial charge in [0.2, 0.25) is 11.7 Å². The van der Waals surface area contributed by atoms with E-state index in [2.05, 4.69) is 15.5 Å². The van der Waals surface area contributed by atoms with E-state index >= 15 is 0 Å². The fraction of sp³-hybridized carbons (Fsp3) is 0.846. The first-order chi connectivity index (χ1) is 8.60. The van der Waals surface area contributed by atoms with Gasteiger partial charge in [-0.1, -0.05) is 5.16 Å².